The molecule has 2 aromatic rings. The molecular formula is C22H26N2O5S. The van der Waals surface area contributed by atoms with Crippen molar-refractivity contribution in [3.05, 3.63) is 65.7 Å². The van der Waals surface area contributed by atoms with Gasteiger partial charge in [0.2, 0.25) is 15.9 Å². The van der Waals surface area contributed by atoms with Gasteiger partial charge in [-0.25, -0.2) is 8.42 Å². The molecule has 7 nitrogen and oxygen atoms in total. The van der Waals surface area contributed by atoms with Crippen molar-refractivity contribution in [2.75, 3.05) is 32.9 Å². The first-order valence-electron chi connectivity index (χ1n) is 9.84. The summed E-state index contributed by atoms with van der Waals surface area (Å²) in [4.78, 5) is 12.3. The molecule has 1 fully saturated rings. The van der Waals surface area contributed by atoms with E-state index in [1.165, 1.54) is 10.4 Å². The van der Waals surface area contributed by atoms with Gasteiger partial charge in [0.05, 0.1) is 24.7 Å². The Labute approximate surface area is 177 Å². The highest BCUT2D eigenvalue weighted by molar-refractivity contribution is 7.89. The van der Waals surface area contributed by atoms with Crippen LogP contribution in [0.3, 0.4) is 0 Å². The van der Waals surface area contributed by atoms with Crippen LogP contribution in [0.4, 0.5) is 0 Å². The topological polar surface area (TPSA) is 84.9 Å². The van der Waals surface area contributed by atoms with E-state index in [9.17, 15) is 13.2 Å². The lowest BCUT2D eigenvalue weighted by atomic mass is 10.2. The van der Waals surface area contributed by atoms with Crippen molar-refractivity contribution in [1.82, 2.24) is 9.62 Å². The Bertz CT molecular complexity index is 964. The Kier molecular flexibility index (Phi) is 7.62. The lowest BCUT2D eigenvalue weighted by Crippen LogP contribution is -2.40. The molecule has 0 aromatic heterocycles. The number of ether oxygens (including phenoxy) is 2. The minimum atomic E-state index is -3.51. The van der Waals surface area contributed by atoms with Crippen molar-refractivity contribution in [2.24, 2.45) is 0 Å². The number of carbonyl (C=O) groups excluding carboxylic acids is 1. The van der Waals surface area contributed by atoms with Crippen LogP contribution in [-0.2, 0) is 26.1 Å². The number of carbonyl (C=O) groups is 1. The van der Waals surface area contributed by atoms with Crippen molar-refractivity contribution >= 4 is 22.0 Å². The summed E-state index contributed by atoms with van der Waals surface area (Å²) in [5, 5.41) is 2.80. The lowest BCUT2D eigenvalue weighted by Gasteiger charge is -2.26. The second-order valence-electron chi connectivity index (χ2n) is 6.71. The number of hydrogen-bond acceptors (Lipinski definition) is 5. The van der Waals surface area contributed by atoms with Gasteiger partial charge in [-0.1, -0.05) is 24.3 Å². The third kappa shape index (κ3) is 5.91. The molecule has 0 spiro atoms. The third-order valence-corrected chi connectivity index (χ3v) is 6.53. The van der Waals surface area contributed by atoms with Gasteiger partial charge >= 0.3 is 0 Å². The molecule has 0 saturated carbocycles. The summed E-state index contributed by atoms with van der Waals surface area (Å²) >= 11 is 0. The molecule has 0 unspecified atom stereocenters. The van der Waals surface area contributed by atoms with E-state index in [2.05, 4.69) is 5.32 Å². The predicted octanol–water partition coefficient (Wildman–Crippen LogP) is 2.44. The second-order valence-corrected chi connectivity index (χ2v) is 8.65. The van der Waals surface area contributed by atoms with E-state index in [1.54, 1.807) is 30.3 Å². The van der Waals surface area contributed by atoms with Gasteiger partial charge in [-0.15, -0.1) is 0 Å². The van der Waals surface area contributed by atoms with E-state index in [4.69, 9.17) is 9.47 Å². The zero-order valence-corrected chi connectivity index (χ0v) is 17.7. The highest BCUT2D eigenvalue weighted by Crippen LogP contribution is 2.18. The van der Waals surface area contributed by atoms with E-state index in [-0.39, 0.29) is 10.8 Å². The van der Waals surface area contributed by atoms with E-state index in [1.807, 2.05) is 31.2 Å². The van der Waals surface area contributed by atoms with Crippen LogP contribution in [0.1, 0.15) is 18.1 Å². The van der Waals surface area contributed by atoms with Gasteiger partial charge in [-0.3, -0.25) is 4.79 Å². The van der Waals surface area contributed by atoms with Crippen LogP contribution in [0, 0.1) is 0 Å². The Hall–Kier alpha value is -2.68. The van der Waals surface area contributed by atoms with Crippen LogP contribution in [0.2, 0.25) is 0 Å². The third-order valence-electron chi connectivity index (χ3n) is 4.62. The van der Waals surface area contributed by atoms with Gasteiger partial charge in [0.1, 0.15) is 5.75 Å². The predicted molar refractivity (Wildman–Crippen MR) is 115 cm³/mol. The minimum Gasteiger partial charge on any atom is -0.494 e. The largest absolute Gasteiger partial charge is 0.494 e. The minimum absolute atomic E-state index is 0.228. The molecule has 1 amide bonds. The maximum absolute atomic E-state index is 12.6. The zero-order valence-electron chi connectivity index (χ0n) is 16.9. The molecular weight excluding hydrogens is 404 g/mol. The van der Waals surface area contributed by atoms with Crippen molar-refractivity contribution in [3.63, 3.8) is 0 Å². The first kappa shape index (κ1) is 22.0. The first-order valence-corrected chi connectivity index (χ1v) is 11.3. The molecule has 2 aromatic carbocycles. The van der Waals surface area contributed by atoms with Gasteiger partial charge < -0.3 is 14.8 Å². The second kappa shape index (κ2) is 10.4. The summed E-state index contributed by atoms with van der Waals surface area (Å²) in [7, 11) is -3.51. The van der Waals surface area contributed by atoms with Crippen molar-refractivity contribution < 1.29 is 22.7 Å². The molecule has 0 bridgehead atoms. The SMILES string of the molecule is CCOc1ccc(/C=C/C(=O)NCc2ccc(S(=O)(=O)N3CCOCC3)cc2)cc1. The average molecular weight is 431 g/mol. The van der Waals surface area contributed by atoms with E-state index >= 15 is 0 Å². The number of benzene rings is 2. The molecule has 1 saturated heterocycles. The maximum Gasteiger partial charge on any atom is 0.244 e. The van der Waals surface area contributed by atoms with Crippen LogP contribution in [0.25, 0.3) is 6.08 Å². The molecule has 160 valence electrons. The molecule has 1 N–H and O–H groups in total. The Morgan fingerprint density at radius 1 is 1.10 bits per heavy atom. The van der Waals surface area contributed by atoms with E-state index < -0.39 is 10.0 Å². The summed E-state index contributed by atoms with van der Waals surface area (Å²) < 4.78 is 37.3. The van der Waals surface area contributed by atoms with Gasteiger partial charge in [0.15, 0.2) is 0 Å². The Morgan fingerprint density at radius 2 is 1.77 bits per heavy atom. The summed E-state index contributed by atoms with van der Waals surface area (Å²) in [6, 6.07) is 14.0. The number of morpholine rings is 1. The van der Waals surface area contributed by atoms with Crippen LogP contribution in [0.15, 0.2) is 59.5 Å². The van der Waals surface area contributed by atoms with Crippen LogP contribution >= 0.6 is 0 Å². The zero-order chi connectivity index (χ0) is 21.4. The van der Waals surface area contributed by atoms with Gasteiger partial charge in [-0.05, 0) is 48.4 Å². The number of hydrogen-bond donors (Lipinski definition) is 1. The standard InChI is InChI=1S/C22H26N2O5S/c1-2-29-20-8-3-18(4-9-20)7-12-22(25)23-17-19-5-10-21(11-6-19)30(26,27)24-13-15-28-16-14-24/h3-12H,2,13-17H2,1H3,(H,23,25)/b12-7+. The van der Waals surface area contributed by atoms with Gasteiger partial charge in [0.25, 0.3) is 0 Å². The average Bonchev–Trinajstić information content (AvgIpc) is 2.78. The Balaban J connectivity index is 1.52. The molecule has 0 radical (unpaired) electrons. The molecule has 1 heterocycles. The van der Waals surface area contributed by atoms with Gasteiger partial charge in [0, 0.05) is 25.7 Å². The molecule has 8 heteroatoms. The van der Waals surface area contributed by atoms with Crippen LogP contribution < -0.4 is 10.1 Å². The monoisotopic (exact) mass is 430 g/mol. The molecule has 3 rings (SSSR count). The first-order chi connectivity index (χ1) is 14.5. The fourth-order valence-electron chi connectivity index (χ4n) is 2.98. The highest BCUT2D eigenvalue weighted by Gasteiger charge is 2.25. The smallest absolute Gasteiger partial charge is 0.244 e. The summed E-state index contributed by atoms with van der Waals surface area (Å²) in [5.41, 5.74) is 1.71. The van der Waals surface area contributed by atoms with Gasteiger partial charge in [-0.2, -0.15) is 4.31 Å². The quantitative estimate of drug-likeness (QED) is 0.651. The lowest BCUT2D eigenvalue weighted by molar-refractivity contribution is -0.116. The number of amides is 1. The number of nitrogens with one attached hydrogen (secondary N) is 1. The summed E-state index contributed by atoms with van der Waals surface area (Å²) in [6.45, 7) is 4.39. The molecule has 1 aliphatic rings. The van der Waals surface area contributed by atoms with Crippen molar-refractivity contribution in [1.29, 1.82) is 0 Å². The molecule has 0 aliphatic carbocycles. The Morgan fingerprint density at radius 3 is 2.40 bits per heavy atom. The van der Waals surface area contributed by atoms with E-state index in [0.29, 0.717) is 39.5 Å². The van der Waals surface area contributed by atoms with Crippen LogP contribution in [0.5, 0.6) is 5.75 Å². The summed E-state index contributed by atoms with van der Waals surface area (Å²) in [5.74, 6) is 0.562. The van der Waals surface area contributed by atoms with Crippen molar-refractivity contribution in [3.8, 4) is 5.75 Å². The fourth-order valence-corrected chi connectivity index (χ4v) is 4.39. The number of sulfonamides is 1. The number of nitrogens with zero attached hydrogens (tertiary/aromatic N) is 1. The maximum atomic E-state index is 12.6. The molecule has 30 heavy (non-hydrogen) atoms. The van der Waals surface area contributed by atoms with Crippen molar-refractivity contribution in [2.45, 2.75) is 18.4 Å². The molecule has 1 aliphatic heterocycles. The normalized spacial score (nSPS) is 15.2. The van der Waals surface area contributed by atoms with E-state index in [0.717, 1.165) is 16.9 Å². The fraction of sp³-hybridized carbons (Fsp3) is 0.318. The number of rotatable bonds is 8. The summed E-state index contributed by atoms with van der Waals surface area (Å²) in [6.07, 6.45) is 3.19. The highest BCUT2D eigenvalue weighted by atomic mass is 32.2. The molecule has 0 atom stereocenters. The van der Waals surface area contributed by atoms with Crippen LogP contribution in [-0.4, -0.2) is 51.5 Å².